The van der Waals surface area contributed by atoms with Gasteiger partial charge < -0.3 is 4.90 Å². The topological polar surface area (TPSA) is 56.0 Å². The number of aromatic nitrogens is 4. The zero-order valence-electron chi connectivity index (χ0n) is 18.1. The van der Waals surface area contributed by atoms with Crippen molar-refractivity contribution >= 4 is 5.91 Å². The lowest BCUT2D eigenvalue weighted by Gasteiger charge is -2.16. The zero-order valence-corrected chi connectivity index (χ0v) is 18.1. The molecule has 0 radical (unpaired) electrons. The van der Waals surface area contributed by atoms with Gasteiger partial charge in [-0.2, -0.15) is 23.4 Å². The van der Waals surface area contributed by atoms with Crippen LogP contribution in [0.5, 0.6) is 0 Å². The van der Waals surface area contributed by atoms with Gasteiger partial charge >= 0.3 is 6.18 Å². The first-order valence-electron chi connectivity index (χ1n) is 10.3. The molecule has 4 aromatic rings. The van der Waals surface area contributed by atoms with Crippen LogP contribution in [-0.4, -0.2) is 37.4 Å². The van der Waals surface area contributed by atoms with Crippen LogP contribution < -0.4 is 0 Å². The predicted octanol–water partition coefficient (Wildman–Crippen LogP) is 4.72. The van der Waals surface area contributed by atoms with Crippen LogP contribution in [0.15, 0.2) is 73.2 Å². The highest BCUT2D eigenvalue weighted by atomic mass is 19.4. The lowest BCUT2D eigenvalue weighted by Crippen LogP contribution is -2.26. The van der Waals surface area contributed by atoms with E-state index in [1.165, 1.54) is 27.9 Å². The van der Waals surface area contributed by atoms with Gasteiger partial charge in [-0.1, -0.05) is 36.4 Å². The Morgan fingerprint density at radius 2 is 1.76 bits per heavy atom. The molecule has 0 N–H and O–H groups in total. The van der Waals surface area contributed by atoms with Gasteiger partial charge in [0, 0.05) is 25.4 Å². The van der Waals surface area contributed by atoms with Crippen molar-refractivity contribution in [3.8, 4) is 5.69 Å². The number of benzene rings is 2. The second-order valence-electron chi connectivity index (χ2n) is 7.80. The third kappa shape index (κ3) is 4.97. The molecule has 0 unspecified atom stereocenters. The first-order valence-corrected chi connectivity index (χ1v) is 10.3. The molecular formula is C24H22F3N5O. The lowest BCUT2D eigenvalue weighted by atomic mass is 10.2. The van der Waals surface area contributed by atoms with Crippen molar-refractivity contribution in [2.45, 2.75) is 26.2 Å². The average Bonchev–Trinajstić information content (AvgIpc) is 3.39. The summed E-state index contributed by atoms with van der Waals surface area (Å²) in [5.41, 5.74) is 2.25. The molecule has 0 aliphatic carbocycles. The van der Waals surface area contributed by atoms with Crippen molar-refractivity contribution in [3.05, 3.63) is 101 Å². The Kier molecular flexibility index (Phi) is 6.04. The predicted molar refractivity (Wildman–Crippen MR) is 117 cm³/mol. The fourth-order valence-corrected chi connectivity index (χ4v) is 3.59. The van der Waals surface area contributed by atoms with Gasteiger partial charge in [-0.3, -0.25) is 9.48 Å². The van der Waals surface area contributed by atoms with E-state index in [4.69, 9.17) is 0 Å². The SMILES string of the molecule is Cc1c(C(=O)N(C)Cc2cnn(Cc3ccccc3)c2)cnn1-c1cccc(C(F)(F)F)c1. The summed E-state index contributed by atoms with van der Waals surface area (Å²) >= 11 is 0. The molecule has 2 aromatic carbocycles. The minimum atomic E-state index is -4.46. The van der Waals surface area contributed by atoms with Crippen LogP contribution in [0.4, 0.5) is 13.2 Å². The number of carbonyl (C=O) groups excluding carboxylic acids is 1. The zero-order chi connectivity index (χ0) is 23.6. The van der Waals surface area contributed by atoms with Crippen LogP contribution in [0, 0.1) is 6.92 Å². The molecule has 170 valence electrons. The summed E-state index contributed by atoms with van der Waals surface area (Å²) in [6.07, 6.45) is 0.523. The highest BCUT2D eigenvalue weighted by molar-refractivity contribution is 5.95. The minimum Gasteiger partial charge on any atom is -0.337 e. The standard InChI is InChI=1S/C24H22F3N5O/c1-17-22(13-29-32(17)21-10-6-9-20(11-21)24(25,26)27)23(33)30(2)14-19-12-28-31(16-19)15-18-7-4-3-5-8-18/h3-13,16H,14-15H2,1-2H3. The Bertz CT molecular complexity index is 1260. The first kappa shape index (κ1) is 22.3. The van der Waals surface area contributed by atoms with Crippen molar-refractivity contribution in [2.24, 2.45) is 0 Å². The Morgan fingerprint density at radius 3 is 2.48 bits per heavy atom. The van der Waals surface area contributed by atoms with Crippen LogP contribution in [0.25, 0.3) is 5.69 Å². The molecule has 2 heterocycles. The Labute approximate surface area is 188 Å². The van der Waals surface area contributed by atoms with Gasteiger partial charge in [-0.05, 0) is 30.7 Å². The molecule has 0 spiro atoms. The summed E-state index contributed by atoms with van der Waals surface area (Å²) in [5, 5.41) is 8.51. The molecule has 4 rings (SSSR count). The number of carbonyl (C=O) groups is 1. The van der Waals surface area contributed by atoms with E-state index >= 15 is 0 Å². The number of rotatable bonds is 6. The van der Waals surface area contributed by atoms with Gasteiger partial charge in [0.1, 0.15) is 0 Å². The van der Waals surface area contributed by atoms with E-state index in [0.717, 1.165) is 23.3 Å². The van der Waals surface area contributed by atoms with Crippen LogP contribution in [0.1, 0.15) is 32.7 Å². The average molecular weight is 453 g/mol. The van der Waals surface area contributed by atoms with E-state index in [1.807, 2.05) is 36.5 Å². The molecule has 6 nitrogen and oxygen atoms in total. The van der Waals surface area contributed by atoms with Gasteiger partial charge in [0.25, 0.3) is 5.91 Å². The molecule has 0 aliphatic heterocycles. The summed E-state index contributed by atoms with van der Waals surface area (Å²) in [6.45, 7) is 2.62. The highest BCUT2D eigenvalue weighted by Gasteiger charge is 2.31. The summed E-state index contributed by atoms with van der Waals surface area (Å²) in [6, 6.07) is 14.8. The van der Waals surface area contributed by atoms with Crippen molar-refractivity contribution in [1.82, 2.24) is 24.5 Å². The summed E-state index contributed by atoms with van der Waals surface area (Å²) in [7, 11) is 1.66. The van der Waals surface area contributed by atoms with Gasteiger partial charge in [-0.15, -0.1) is 0 Å². The number of halogens is 3. The molecule has 0 saturated heterocycles. The van der Waals surface area contributed by atoms with E-state index in [0.29, 0.717) is 24.3 Å². The second kappa shape index (κ2) is 8.93. The molecule has 33 heavy (non-hydrogen) atoms. The summed E-state index contributed by atoms with van der Waals surface area (Å²) in [5.74, 6) is -0.276. The molecule has 1 amide bonds. The lowest BCUT2D eigenvalue weighted by molar-refractivity contribution is -0.137. The van der Waals surface area contributed by atoms with E-state index in [-0.39, 0.29) is 11.6 Å². The minimum absolute atomic E-state index is 0.242. The van der Waals surface area contributed by atoms with Crippen LogP contribution in [0.3, 0.4) is 0 Å². The van der Waals surface area contributed by atoms with Gasteiger partial charge in [0.05, 0.1) is 41.4 Å². The normalized spacial score (nSPS) is 11.5. The molecule has 0 bridgehead atoms. The van der Waals surface area contributed by atoms with Crippen molar-refractivity contribution in [2.75, 3.05) is 7.05 Å². The first-order chi connectivity index (χ1) is 15.7. The van der Waals surface area contributed by atoms with Crippen LogP contribution >= 0.6 is 0 Å². The van der Waals surface area contributed by atoms with Crippen molar-refractivity contribution in [1.29, 1.82) is 0 Å². The van der Waals surface area contributed by atoms with Crippen LogP contribution in [0.2, 0.25) is 0 Å². The maximum Gasteiger partial charge on any atom is 0.416 e. The summed E-state index contributed by atoms with van der Waals surface area (Å²) in [4.78, 5) is 14.5. The Balaban J connectivity index is 1.47. The molecule has 0 atom stereocenters. The summed E-state index contributed by atoms with van der Waals surface area (Å²) < 4.78 is 42.3. The van der Waals surface area contributed by atoms with Crippen LogP contribution in [-0.2, 0) is 19.3 Å². The molecule has 0 aliphatic rings. The van der Waals surface area contributed by atoms with Gasteiger partial charge in [0.2, 0.25) is 0 Å². The molecule has 2 aromatic heterocycles. The maximum atomic E-state index is 13.1. The molecule has 0 saturated carbocycles. The molecular weight excluding hydrogens is 431 g/mol. The largest absolute Gasteiger partial charge is 0.416 e. The number of hydrogen-bond acceptors (Lipinski definition) is 3. The smallest absolute Gasteiger partial charge is 0.337 e. The van der Waals surface area contributed by atoms with E-state index in [2.05, 4.69) is 10.2 Å². The second-order valence-corrected chi connectivity index (χ2v) is 7.80. The van der Waals surface area contributed by atoms with E-state index in [9.17, 15) is 18.0 Å². The van der Waals surface area contributed by atoms with E-state index in [1.54, 1.807) is 24.9 Å². The fraction of sp³-hybridized carbons (Fsp3) is 0.208. The Morgan fingerprint density at radius 1 is 1.00 bits per heavy atom. The van der Waals surface area contributed by atoms with E-state index < -0.39 is 11.7 Å². The molecule has 0 fully saturated rings. The van der Waals surface area contributed by atoms with Gasteiger partial charge in [0.15, 0.2) is 0 Å². The number of nitrogens with zero attached hydrogens (tertiary/aromatic N) is 5. The third-order valence-electron chi connectivity index (χ3n) is 5.30. The highest BCUT2D eigenvalue weighted by Crippen LogP contribution is 2.30. The Hall–Kier alpha value is -3.88. The van der Waals surface area contributed by atoms with Gasteiger partial charge in [-0.25, -0.2) is 4.68 Å². The fourth-order valence-electron chi connectivity index (χ4n) is 3.59. The number of amides is 1. The van der Waals surface area contributed by atoms with Crippen molar-refractivity contribution in [3.63, 3.8) is 0 Å². The maximum absolute atomic E-state index is 13.1. The quantitative estimate of drug-likeness (QED) is 0.425. The number of alkyl halides is 3. The van der Waals surface area contributed by atoms with Crippen molar-refractivity contribution < 1.29 is 18.0 Å². The molecule has 9 heteroatoms. The monoisotopic (exact) mass is 453 g/mol. The third-order valence-corrected chi connectivity index (χ3v) is 5.30. The number of hydrogen-bond donors (Lipinski definition) is 0.